The Morgan fingerprint density at radius 1 is 1.24 bits per heavy atom. The molecule has 100 valence electrons. The van der Waals surface area contributed by atoms with E-state index in [9.17, 15) is 18.0 Å². The highest BCUT2D eigenvalue weighted by molar-refractivity contribution is 5.78. The number of carbonyl (C=O) groups excluding carboxylic acids is 1. The fraction of sp³-hybridized carbons (Fsp3) is 0.909. The first-order chi connectivity index (χ1) is 7.93. The van der Waals surface area contributed by atoms with E-state index in [0.717, 1.165) is 0 Å². The summed E-state index contributed by atoms with van der Waals surface area (Å²) in [7, 11) is 0. The Hall–Kier alpha value is -0.780. The second-order valence-electron chi connectivity index (χ2n) is 4.44. The van der Waals surface area contributed by atoms with E-state index in [1.54, 1.807) is 0 Å². The number of halogens is 3. The third-order valence-corrected chi connectivity index (χ3v) is 3.09. The van der Waals surface area contributed by atoms with Gasteiger partial charge in [0.1, 0.15) is 0 Å². The van der Waals surface area contributed by atoms with Gasteiger partial charge >= 0.3 is 6.18 Å². The van der Waals surface area contributed by atoms with Gasteiger partial charge in [-0.25, -0.2) is 0 Å². The molecule has 0 spiro atoms. The summed E-state index contributed by atoms with van der Waals surface area (Å²) in [5, 5.41) is 5.64. The molecule has 0 aromatic carbocycles. The molecule has 0 atom stereocenters. The van der Waals surface area contributed by atoms with Crippen molar-refractivity contribution in [3.05, 3.63) is 0 Å². The number of alkyl halides is 3. The standard InChI is InChI=1S/C11H19F3N2O/c1-2-15-7-10(17)16-9-5-3-8(4-6-9)11(12,13)14/h8-9,15H,2-7H2,1H3,(H,16,17). The highest BCUT2D eigenvalue weighted by Crippen LogP contribution is 2.37. The van der Waals surface area contributed by atoms with Crippen molar-refractivity contribution in [1.82, 2.24) is 10.6 Å². The van der Waals surface area contributed by atoms with Crippen LogP contribution in [0.2, 0.25) is 0 Å². The minimum Gasteiger partial charge on any atom is -0.352 e. The first-order valence-corrected chi connectivity index (χ1v) is 6.00. The molecule has 0 bridgehead atoms. The number of nitrogens with one attached hydrogen (secondary N) is 2. The van der Waals surface area contributed by atoms with Crippen molar-refractivity contribution in [2.75, 3.05) is 13.1 Å². The molecule has 0 unspecified atom stereocenters. The maximum atomic E-state index is 12.4. The van der Waals surface area contributed by atoms with E-state index in [2.05, 4.69) is 10.6 Å². The molecule has 1 aliphatic rings. The Morgan fingerprint density at radius 2 is 1.82 bits per heavy atom. The van der Waals surface area contributed by atoms with Gasteiger partial charge in [-0.15, -0.1) is 0 Å². The van der Waals surface area contributed by atoms with Crippen LogP contribution in [0, 0.1) is 5.92 Å². The van der Waals surface area contributed by atoms with Gasteiger partial charge in [0.2, 0.25) is 5.91 Å². The smallest absolute Gasteiger partial charge is 0.352 e. The van der Waals surface area contributed by atoms with Crippen LogP contribution in [0.25, 0.3) is 0 Å². The monoisotopic (exact) mass is 252 g/mol. The van der Waals surface area contributed by atoms with Crippen LogP contribution in [0.15, 0.2) is 0 Å². The molecule has 6 heteroatoms. The summed E-state index contributed by atoms with van der Waals surface area (Å²) in [6, 6.07) is -0.0974. The number of hydrogen-bond acceptors (Lipinski definition) is 2. The Balaban J connectivity index is 2.25. The molecule has 17 heavy (non-hydrogen) atoms. The van der Waals surface area contributed by atoms with Crippen LogP contribution in [0.5, 0.6) is 0 Å². The van der Waals surface area contributed by atoms with Gasteiger partial charge in [0, 0.05) is 6.04 Å². The van der Waals surface area contributed by atoms with Gasteiger partial charge in [0.05, 0.1) is 12.5 Å². The summed E-state index contributed by atoms with van der Waals surface area (Å²) in [6.07, 6.45) is -3.01. The summed E-state index contributed by atoms with van der Waals surface area (Å²) >= 11 is 0. The summed E-state index contributed by atoms with van der Waals surface area (Å²) < 4.78 is 37.2. The van der Waals surface area contributed by atoms with Gasteiger partial charge in [0.25, 0.3) is 0 Å². The molecule has 1 fully saturated rings. The van der Waals surface area contributed by atoms with Gasteiger partial charge in [-0.3, -0.25) is 4.79 Å². The molecule has 0 heterocycles. The highest BCUT2D eigenvalue weighted by atomic mass is 19.4. The maximum Gasteiger partial charge on any atom is 0.391 e. The Bertz CT molecular complexity index is 248. The zero-order chi connectivity index (χ0) is 12.9. The van der Waals surface area contributed by atoms with E-state index < -0.39 is 12.1 Å². The van der Waals surface area contributed by atoms with E-state index in [-0.39, 0.29) is 31.3 Å². The third-order valence-electron chi connectivity index (χ3n) is 3.09. The average Bonchev–Trinajstić information content (AvgIpc) is 2.26. The summed E-state index contributed by atoms with van der Waals surface area (Å²) in [5.74, 6) is -1.33. The van der Waals surface area contributed by atoms with Crippen molar-refractivity contribution in [1.29, 1.82) is 0 Å². The number of carbonyl (C=O) groups is 1. The SMILES string of the molecule is CCNCC(=O)NC1CCC(C(F)(F)F)CC1. The van der Waals surface area contributed by atoms with Crippen molar-refractivity contribution in [2.45, 2.75) is 44.8 Å². The molecule has 1 rings (SSSR count). The predicted octanol–water partition coefficient (Wildman–Crippen LogP) is 1.83. The van der Waals surface area contributed by atoms with Gasteiger partial charge in [-0.05, 0) is 32.2 Å². The quantitative estimate of drug-likeness (QED) is 0.801. The number of likely N-dealkylation sites (N-methyl/N-ethyl adjacent to an activating group) is 1. The number of amides is 1. The summed E-state index contributed by atoms with van der Waals surface area (Å²) in [6.45, 7) is 2.83. The molecule has 0 saturated heterocycles. The molecule has 1 saturated carbocycles. The Labute approximate surface area is 99.1 Å². The Morgan fingerprint density at radius 3 is 2.29 bits per heavy atom. The predicted molar refractivity (Wildman–Crippen MR) is 58.5 cm³/mol. The third kappa shape index (κ3) is 4.93. The highest BCUT2D eigenvalue weighted by Gasteiger charge is 2.41. The molecule has 1 amide bonds. The van der Waals surface area contributed by atoms with Crippen LogP contribution >= 0.6 is 0 Å². The molecule has 0 aromatic heterocycles. The van der Waals surface area contributed by atoms with Crippen LogP contribution in [0.4, 0.5) is 13.2 Å². The van der Waals surface area contributed by atoms with Crippen LogP contribution in [0.3, 0.4) is 0 Å². The Kier molecular flexibility index (Phi) is 5.24. The van der Waals surface area contributed by atoms with Crippen molar-refractivity contribution >= 4 is 5.91 Å². The maximum absolute atomic E-state index is 12.4. The molecule has 3 nitrogen and oxygen atoms in total. The lowest BCUT2D eigenvalue weighted by Crippen LogP contribution is -2.43. The fourth-order valence-electron chi connectivity index (χ4n) is 2.08. The van der Waals surface area contributed by atoms with Crippen molar-refractivity contribution in [3.8, 4) is 0 Å². The fourth-order valence-corrected chi connectivity index (χ4v) is 2.08. The lowest BCUT2D eigenvalue weighted by molar-refractivity contribution is -0.182. The first-order valence-electron chi connectivity index (χ1n) is 6.00. The van der Waals surface area contributed by atoms with E-state index in [1.807, 2.05) is 6.92 Å². The minimum atomic E-state index is -4.08. The second kappa shape index (κ2) is 6.23. The van der Waals surface area contributed by atoms with Crippen LogP contribution in [-0.2, 0) is 4.79 Å². The van der Waals surface area contributed by atoms with E-state index in [4.69, 9.17) is 0 Å². The molecule has 0 radical (unpaired) electrons. The zero-order valence-electron chi connectivity index (χ0n) is 9.94. The van der Waals surface area contributed by atoms with Gasteiger partial charge < -0.3 is 10.6 Å². The summed E-state index contributed by atoms with van der Waals surface area (Å²) in [5.41, 5.74) is 0. The lowest BCUT2D eigenvalue weighted by Gasteiger charge is -2.30. The average molecular weight is 252 g/mol. The van der Waals surface area contributed by atoms with Crippen LogP contribution < -0.4 is 10.6 Å². The molecule has 1 aliphatic carbocycles. The number of rotatable bonds is 4. The topological polar surface area (TPSA) is 41.1 Å². The minimum absolute atomic E-state index is 0.0974. The van der Waals surface area contributed by atoms with E-state index in [0.29, 0.717) is 19.4 Å². The van der Waals surface area contributed by atoms with Gasteiger partial charge in [0.15, 0.2) is 0 Å². The van der Waals surface area contributed by atoms with Crippen LogP contribution in [0.1, 0.15) is 32.6 Å². The van der Waals surface area contributed by atoms with Crippen molar-refractivity contribution in [3.63, 3.8) is 0 Å². The summed E-state index contributed by atoms with van der Waals surface area (Å²) in [4.78, 5) is 11.4. The normalized spacial score (nSPS) is 25.6. The second-order valence-corrected chi connectivity index (χ2v) is 4.44. The zero-order valence-corrected chi connectivity index (χ0v) is 9.94. The van der Waals surface area contributed by atoms with E-state index in [1.165, 1.54) is 0 Å². The molecular weight excluding hydrogens is 233 g/mol. The lowest BCUT2D eigenvalue weighted by atomic mass is 9.85. The van der Waals surface area contributed by atoms with E-state index >= 15 is 0 Å². The molecule has 0 aliphatic heterocycles. The molecule has 0 aromatic rings. The largest absolute Gasteiger partial charge is 0.391 e. The van der Waals surface area contributed by atoms with Crippen molar-refractivity contribution in [2.24, 2.45) is 5.92 Å². The van der Waals surface area contributed by atoms with Crippen LogP contribution in [-0.4, -0.2) is 31.2 Å². The van der Waals surface area contributed by atoms with Gasteiger partial charge in [-0.1, -0.05) is 6.92 Å². The molecule has 2 N–H and O–H groups in total. The number of hydrogen-bond donors (Lipinski definition) is 2. The van der Waals surface area contributed by atoms with Crippen molar-refractivity contribution < 1.29 is 18.0 Å². The molecular formula is C11H19F3N2O. The first kappa shape index (κ1) is 14.3. The van der Waals surface area contributed by atoms with Gasteiger partial charge in [-0.2, -0.15) is 13.2 Å².